The van der Waals surface area contributed by atoms with Crippen LogP contribution in [0.3, 0.4) is 0 Å². The predicted octanol–water partition coefficient (Wildman–Crippen LogP) is 2.22. The quantitative estimate of drug-likeness (QED) is 0.786. The molecule has 25 heavy (non-hydrogen) atoms. The molecule has 7 nitrogen and oxygen atoms in total. The van der Waals surface area contributed by atoms with Crippen molar-refractivity contribution in [2.24, 2.45) is 0 Å². The maximum atomic E-state index is 12.0. The monoisotopic (exact) mass is 346 g/mol. The lowest BCUT2D eigenvalue weighted by Crippen LogP contribution is -2.41. The van der Waals surface area contributed by atoms with Crippen LogP contribution in [0, 0.1) is 0 Å². The van der Waals surface area contributed by atoms with Gasteiger partial charge in [-0.25, -0.2) is 9.59 Å². The van der Waals surface area contributed by atoms with Crippen LogP contribution in [0.5, 0.6) is 5.75 Å². The molecule has 3 heterocycles. The summed E-state index contributed by atoms with van der Waals surface area (Å²) in [6.45, 7) is 7.07. The third-order valence-electron chi connectivity index (χ3n) is 4.64. The van der Waals surface area contributed by atoms with E-state index in [1.165, 1.54) is 0 Å². The first-order valence-electron chi connectivity index (χ1n) is 8.53. The van der Waals surface area contributed by atoms with Crippen LogP contribution in [0.15, 0.2) is 12.1 Å². The summed E-state index contributed by atoms with van der Waals surface area (Å²) in [7, 11) is 0. The van der Waals surface area contributed by atoms with Crippen molar-refractivity contribution in [2.45, 2.75) is 51.5 Å². The second-order valence-electron chi connectivity index (χ2n) is 7.75. The molecule has 1 fully saturated rings. The zero-order valence-electron chi connectivity index (χ0n) is 14.6. The number of rotatable bonds is 1. The maximum absolute atomic E-state index is 12.0. The zero-order chi connectivity index (χ0) is 17.8. The number of esters is 1. The van der Waals surface area contributed by atoms with Gasteiger partial charge in [0, 0.05) is 12.1 Å². The van der Waals surface area contributed by atoms with Gasteiger partial charge in [0.15, 0.2) is 0 Å². The number of hydrogen-bond acceptors (Lipinski definition) is 6. The van der Waals surface area contributed by atoms with E-state index in [4.69, 9.17) is 14.2 Å². The number of hydrogen-bond donors (Lipinski definition) is 1. The number of alkyl carbamates (subject to hydrolysis) is 1. The molecule has 0 spiro atoms. The first kappa shape index (κ1) is 16.1. The molecule has 1 N–H and O–H groups in total. The van der Waals surface area contributed by atoms with E-state index < -0.39 is 11.7 Å². The summed E-state index contributed by atoms with van der Waals surface area (Å²) < 4.78 is 16.3. The maximum Gasteiger partial charge on any atom is 0.407 e. The lowest BCUT2D eigenvalue weighted by Gasteiger charge is -2.33. The molecule has 0 aliphatic carbocycles. The van der Waals surface area contributed by atoms with Crippen molar-refractivity contribution in [2.75, 3.05) is 18.1 Å². The van der Waals surface area contributed by atoms with Gasteiger partial charge in [-0.05, 0) is 39.3 Å². The average Bonchev–Trinajstić information content (AvgIpc) is 3.07. The van der Waals surface area contributed by atoms with Crippen LogP contribution in [0.2, 0.25) is 0 Å². The fraction of sp³-hybridized carbons (Fsp3) is 0.556. The van der Waals surface area contributed by atoms with E-state index >= 15 is 0 Å². The summed E-state index contributed by atoms with van der Waals surface area (Å²) in [5.74, 6) is 0.404. The first-order valence-corrected chi connectivity index (χ1v) is 8.53. The van der Waals surface area contributed by atoms with Crippen LogP contribution in [0.1, 0.15) is 43.1 Å². The van der Waals surface area contributed by atoms with E-state index in [2.05, 4.69) is 10.2 Å². The summed E-state index contributed by atoms with van der Waals surface area (Å²) in [6, 6.07) is 3.94. The number of carbonyl (C=O) groups excluding carboxylic acids is 2. The Balaban J connectivity index is 1.50. The van der Waals surface area contributed by atoms with Gasteiger partial charge in [-0.2, -0.15) is 0 Å². The normalized spacial score (nSPS) is 24.0. The third kappa shape index (κ3) is 2.99. The number of fused-ring (bicyclic) bond motifs is 4. The fourth-order valence-electron chi connectivity index (χ4n) is 3.62. The molecule has 3 aliphatic heterocycles. The predicted molar refractivity (Wildman–Crippen MR) is 90.0 cm³/mol. The van der Waals surface area contributed by atoms with Gasteiger partial charge in [0.05, 0.1) is 23.3 Å². The molecular formula is C18H22N2O5. The number of carbonyl (C=O) groups is 2. The molecule has 0 radical (unpaired) electrons. The number of nitrogens with one attached hydrogen (secondary N) is 1. The number of amides is 1. The van der Waals surface area contributed by atoms with Crippen LogP contribution in [0.4, 0.5) is 10.5 Å². The smallest absolute Gasteiger partial charge is 0.407 e. The van der Waals surface area contributed by atoms with Crippen LogP contribution in [0.25, 0.3) is 0 Å². The minimum absolute atomic E-state index is 0.000497. The Morgan fingerprint density at radius 2 is 2.12 bits per heavy atom. The summed E-state index contributed by atoms with van der Waals surface area (Å²) in [5.41, 5.74) is 1.91. The van der Waals surface area contributed by atoms with E-state index in [-0.39, 0.29) is 18.1 Å². The topological polar surface area (TPSA) is 77.1 Å². The number of anilines is 1. The Morgan fingerprint density at radius 1 is 1.32 bits per heavy atom. The van der Waals surface area contributed by atoms with Gasteiger partial charge in [-0.1, -0.05) is 0 Å². The molecule has 1 aromatic carbocycles. The van der Waals surface area contributed by atoms with Crippen molar-refractivity contribution in [3.63, 3.8) is 0 Å². The fourth-order valence-corrected chi connectivity index (χ4v) is 3.62. The van der Waals surface area contributed by atoms with Crippen molar-refractivity contribution in [1.82, 2.24) is 5.32 Å². The Bertz CT molecular complexity index is 740. The molecule has 7 heteroatoms. The Hall–Kier alpha value is -2.44. The zero-order valence-corrected chi connectivity index (χ0v) is 14.6. The lowest BCUT2D eigenvalue weighted by atomic mass is 10.1. The number of benzene rings is 1. The molecule has 2 atom stereocenters. The molecule has 0 bridgehead atoms. The van der Waals surface area contributed by atoms with Crippen LogP contribution in [-0.4, -0.2) is 42.9 Å². The van der Waals surface area contributed by atoms with Gasteiger partial charge in [-0.3, -0.25) is 0 Å². The van der Waals surface area contributed by atoms with Crippen LogP contribution in [-0.2, 0) is 16.1 Å². The van der Waals surface area contributed by atoms with Crippen molar-refractivity contribution in [3.8, 4) is 5.75 Å². The van der Waals surface area contributed by atoms with E-state index in [9.17, 15) is 9.59 Å². The SMILES string of the molecule is CC(C)(C)OC(=O)N[C@H]1C[C@H]2COc3cc4c(cc3N2C1)COC4=O. The van der Waals surface area contributed by atoms with Gasteiger partial charge in [-0.15, -0.1) is 0 Å². The molecule has 0 aromatic heterocycles. The van der Waals surface area contributed by atoms with Gasteiger partial charge in [0.25, 0.3) is 0 Å². The molecule has 1 amide bonds. The summed E-state index contributed by atoms with van der Waals surface area (Å²) in [4.78, 5) is 26.0. The minimum atomic E-state index is -0.515. The van der Waals surface area contributed by atoms with E-state index in [1.807, 2.05) is 26.8 Å². The third-order valence-corrected chi connectivity index (χ3v) is 4.64. The highest BCUT2D eigenvalue weighted by molar-refractivity contribution is 5.95. The molecule has 1 aromatic rings. The highest BCUT2D eigenvalue weighted by Gasteiger charge is 2.39. The first-order chi connectivity index (χ1) is 11.8. The van der Waals surface area contributed by atoms with E-state index in [0.29, 0.717) is 31.1 Å². The van der Waals surface area contributed by atoms with Crippen LogP contribution >= 0.6 is 0 Å². The summed E-state index contributed by atoms with van der Waals surface area (Å²) in [5, 5.41) is 2.94. The second kappa shape index (κ2) is 5.54. The van der Waals surface area contributed by atoms with Crippen molar-refractivity contribution >= 4 is 17.7 Å². The highest BCUT2D eigenvalue weighted by Crippen LogP contribution is 2.41. The molecule has 0 saturated carbocycles. The van der Waals surface area contributed by atoms with Gasteiger partial charge in [0.2, 0.25) is 0 Å². The highest BCUT2D eigenvalue weighted by atomic mass is 16.6. The Kier molecular flexibility index (Phi) is 3.56. The standard InChI is InChI=1S/C18H22N2O5/c1-18(2,3)25-17(22)19-11-5-12-9-23-15-6-13-10(8-24-16(13)21)4-14(15)20(12)7-11/h4,6,11-12H,5,7-9H2,1-3H3,(H,19,22)/t11-,12-/m0/s1. The van der Waals surface area contributed by atoms with Crippen molar-refractivity contribution < 1.29 is 23.8 Å². The van der Waals surface area contributed by atoms with Crippen LogP contribution < -0.4 is 15.0 Å². The number of cyclic esters (lactones) is 1. The summed E-state index contributed by atoms with van der Waals surface area (Å²) in [6.07, 6.45) is 0.400. The molecule has 3 aliphatic rings. The minimum Gasteiger partial charge on any atom is -0.489 e. The lowest BCUT2D eigenvalue weighted by molar-refractivity contribution is 0.0504. The van der Waals surface area contributed by atoms with E-state index in [0.717, 1.165) is 17.7 Å². The molecule has 0 unspecified atom stereocenters. The van der Waals surface area contributed by atoms with Crippen molar-refractivity contribution in [3.05, 3.63) is 23.3 Å². The molecule has 1 saturated heterocycles. The van der Waals surface area contributed by atoms with E-state index in [1.54, 1.807) is 6.07 Å². The molecule has 134 valence electrons. The van der Waals surface area contributed by atoms with Gasteiger partial charge < -0.3 is 24.4 Å². The number of nitrogens with zero attached hydrogens (tertiary/aromatic N) is 1. The number of ether oxygens (including phenoxy) is 3. The van der Waals surface area contributed by atoms with Gasteiger partial charge in [0.1, 0.15) is 24.6 Å². The second-order valence-corrected chi connectivity index (χ2v) is 7.75. The average molecular weight is 346 g/mol. The Labute approximate surface area is 146 Å². The van der Waals surface area contributed by atoms with Gasteiger partial charge >= 0.3 is 12.1 Å². The largest absolute Gasteiger partial charge is 0.489 e. The van der Waals surface area contributed by atoms with Crippen molar-refractivity contribution in [1.29, 1.82) is 0 Å². The molecule has 4 rings (SSSR count). The summed E-state index contributed by atoms with van der Waals surface area (Å²) >= 11 is 0. The Morgan fingerprint density at radius 3 is 2.88 bits per heavy atom. The molecular weight excluding hydrogens is 324 g/mol.